The summed E-state index contributed by atoms with van der Waals surface area (Å²) in [5.74, 6) is -1.39. The van der Waals surface area contributed by atoms with E-state index >= 15 is 0 Å². The Hall–Kier alpha value is -0.294. The van der Waals surface area contributed by atoms with Crippen molar-refractivity contribution in [2.75, 3.05) is 13.2 Å². The Kier molecular flexibility index (Phi) is 10.6. The minimum atomic E-state index is -4.59. The van der Waals surface area contributed by atoms with Crippen molar-refractivity contribution in [3.05, 3.63) is 29.3 Å². The van der Waals surface area contributed by atoms with Gasteiger partial charge in [0.25, 0.3) is 10.1 Å². The van der Waals surface area contributed by atoms with Gasteiger partial charge in [-0.1, -0.05) is 27.7 Å². The molecule has 0 heterocycles. The number of benzene rings is 1. The molecule has 25 heavy (non-hydrogen) atoms. The van der Waals surface area contributed by atoms with Crippen LogP contribution < -0.4 is 0 Å². The van der Waals surface area contributed by atoms with Crippen LogP contribution in [0.2, 0.25) is 0 Å². The molecule has 0 saturated carbocycles. The molecule has 9 heteroatoms. The number of esters is 2. The first kappa shape index (κ1) is 24.7. The number of ether oxygens (including phenoxy) is 2. The van der Waals surface area contributed by atoms with Crippen molar-refractivity contribution in [2.24, 2.45) is 11.8 Å². The molecule has 0 atom stereocenters. The van der Waals surface area contributed by atoms with Crippen molar-refractivity contribution in [3.63, 3.8) is 0 Å². The summed E-state index contributed by atoms with van der Waals surface area (Å²) in [6.45, 7) is 7.66. The van der Waals surface area contributed by atoms with E-state index in [0.29, 0.717) is 0 Å². The van der Waals surface area contributed by atoms with Crippen LogP contribution in [0, 0.1) is 11.8 Å². The molecule has 1 N–H and O–H groups in total. The predicted molar refractivity (Wildman–Crippen MR) is 93.6 cm³/mol. The molecule has 1 rings (SSSR count). The maximum absolute atomic E-state index is 12.0. The molecule has 7 nitrogen and oxygen atoms in total. The number of rotatable bonds is 7. The van der Waals surface area contributed by atoms with Gasteiger partial charge in [-0.2, -0.15) is 8.42 Å². The Morgan fingerprint density at radius 1 is 0.920 bits per heavy atom. The van der Waals surface area contributed by atoms with Gasteiger partial charge in [0.1, 0.15) is 0 Å². The molecule has 0 aliphatic rings. The first-order chi connectivity index (χ1) is 11.0. The molecular formula is C16H23KO7S. The van der Waals surface area contributed by atoms with E-state index in [1.165, 1.54) is 6.07 Å². The third kappa shape index (κ3) is 8.76. The average molecular weight is 399 g/mol. The molecule has 0 aliphatic heterocycles. The SMILES string of the molecule is CC(C)COC(=O)c1cc(C(=O)OCC(C)C)cc(S(=O)(=O)O)c1.[KH]. The normalized spacial score (nSPS) is 11.2. The average Bonchev–Trinajstić information content (AvgIpc) is 2.48. The van der Waals surface area contributed by atoms with Crippen LogP contribution >= 0.6 is 0 Å². The zero-order chi connectivity index (χ0) is 18.5. The van der Waals surface area contributed by atoms with E-state index < -0.39 is 27.0 Å². The number of carbonyl (C=O) groups is 2. The number of hydrogen-bond acceptors (Lipinski definition) is 6. The zero-order valence-electron chi connectivity index (χ0n) is 14.1. The van der Waals surface area contributed by atoms with Gasteiger partial charge in [-0.15, -0.1) is 0 Å². The summed E-state index contributed by atoms with van der Waals surface area (Å²) in [5.41, 5.74) is -0.301. The van der Waals surface area contributed by atoms with Crippen LogP contribution in [-0.4, -0.2) is 89.5 Å². The molecule has 0 spiro atoms. The first-order valence-electron chi connectivity index (χ1n) is 7.47. The second-order valence-corrected chi connectivity index (χ2v) is 7.63. The fraction of sp³-hybridized carbons (Fsp3) is 0.500. The molecule has 0 unspecified atom stereocenters. The van der Waals surface area contributed by atoms with Gasteiger partial charge in [-0.05, 0) is 30.0 Å². The molecule has 1 aromatic rings. The summed E-state index contributed by atoms with van der Waals surface area (Å²) >= 11 is 0. The van der Waals surface area contributed by atoms with Crippen molar-refractivity contribution in [2.45, 2.75) is 32.6 Å². The molecule has 136 valence electrons. The maximum atomic E-state index is 12.0. The van der Waals surface area contributed by atoms with Crippen LogP contribution in [-0.2, 0) is 19.6 Å². The van der Waals surface area contributed by atoms with E-state index in [-0.39, 0.29) is 87.6 Å². The summed E-state index contributed by atoms with van der Waals surface area (Å²) < 4.78 is 42.0. The van der Waals surface area contributed by atoms with Gasteiger partial charge < -0.3 is 9.47 Å². The molecule has 1 aromatic carbocycles. The monoisotopic (exact) mass is 398 g/mol. The van der Waals surface area contributed by atoms with E-state index in [9.17, 15) is 22.6 Å². The van der Waals surface area contributed by atoms with Crippen LogP contribution in [0.5, 0.6) is 0 Å². The van der Waals surface area contributed by atoms with E-state index in [4.69, 9.17) is 9.47 Å². The number of hydrogen-bond donors (Lipinski definition) is 1. The van der Waals surface area contributed by atoms with Crippen LogP contribution in [0.15, 0.2) is 23.1 Å². The fourth-order valence-corrected chi connectivity index (χ4v) is 2.19. The molecule has 0 aromatic heterocycles. The molecule has 0 saturated heterocycles. The van der Waals surface area contributed by atoms with Gasteiger partial charge in [-0.25, -0.2) is 9.59 Å². The van der Waals surface area contributed by atoms with Gasteiger partial charge in [0.2, 0.25) is 0 Å². The first-order valence-corrected chi connectivity index (χ1v) is 8.91. The third-order valence-electron chi connectivity index (χ3n) is 2.77. The Morgan fingerprint density at radius 2 is 1.28 bits per heavy atom. The summed E-state index contributed by atoms with van der Waals surface area (Å²) in [7, 11) is -4.59. The molecule has 0 fully saturated rings. The second kappa shape index (κ2) is 10.8. The Bertz CT molecular complexity index is 669. The van der Waals surface area contributed by atoms with E-state index in [1.807, 2.05) is 27.7 Å². The zero-order valence-corrected chi connectivity index (χ0v) is 14.9. The van der Waals surface area contributed by atoms with Crippen molar-refractivity contribution in [3.8, 4) is 0 Å². The molecule has 0 aliphatic carbocycles. The predicted octanol–water partition coefficient (Wildman–Crippen LogP) is 1.91. The molecule has 0 radical (unpaired) electrons. The Labute approximate surface area is 190 Å². The van der Waals surface area contributed by atoms with Gasteiger partial charge in [0.15, 0.2) is 0 Å². The van der Waals surface area contributed by atoms with Crippen molar-refractivity contribution >= 4 is 73.4 Å². The molecule has 0 amide bonds. The van der Waals surface area contributed by atoms with Crippen molar-refractivity contribution in [1.82, 2.24) is 0 Å². The van der Waals surface area contributed by atoms with E-state index in [0.717, 1.165) is 12.1 Å². The van der Waals surface area contributed by atoms with Crippen LogP contribution in [0.3, 0.4) is 0 Å². The standard InChI is InChI=1S/C16H22O7S.K.H/c1-10(2)8-22-15(17)12-5-13(16(18)23-9-11(3)4)7-14(6-12)24(19,20)21;;/h5-7,10-11H,8-9H2,1-4H3,(H,19,20,21);;. The Morgan fingerprint density at radius 3 is 1.56 bits per heavy atom. The van der Waals surface area contributed by atoms with Crippen molar-refractivity contribution in [1.29, 1.82) is 0 Å². The number of carbonyl (C=O) groups excluding carboxylic acids is 2. The molecule has 0 bridgehead atoms. The third-order valence-corrected chi connectivity index (χ3v) is 3.60. The fourth-order valence-electron chi connectivity index (χ4n) is 1.64. The summed E-state index contributed by atoms with van der Waals surface area (Å²) in [6, 6.07) is 3.09. The van der Waals surface area contributed by atoms with Crippen molar-refractivity contribution < 1.29 is 32.0 Å². The van der Waals surface area contributed by atoms with Crippen LogP contribution in [0.25, 0.3) is 0 Å². The Balaban J connectivity index is 0.00000576. The second-order valence-electron chi connectivity index (χ2n) is 6.21. The van der Waals surface area contributed by atoms with Crippen LogP contribution in [0.4, 0.5) is 0 Å². The topological polar surface area (TPSA) is 107 Å². The van der Waals surface area contributed by atoms with Crippen LogP contribution in [0.1, 0.15) is 48.4 Å². The van der Waals surface area contributed by atoms with E-state index in [2.05, 4.69) is 0 Å². The van der Waals surface area contributed by atoms with Gasteiger partial charge in [0, 0.05) is 0 Å². The quantitative estimate of drug-likeness (QED) is 0.425. The summed E-state index contributed by atoms with van der Waals surface area (Å²) in [6.07, 6.45) is 0. The molecular weight excluding hydrogens is 375 g/mol. The minimum absolute atomic E-state index is 0. The summed E-state index contributed by atoms with van der Waals surface area (Å²) in [4.78, 5) is 23.5. The van der Waals surface area contributed by atoms with Gasteiger partial charge in [0.05, 0.1) is 29.2 Å². The van der Waals surface area contributed by atoms with Gasteiger partial charge in [-0.3, -0.25) is 4.55 Å². The van der Waals surface area contributed by atoms with E-state index in [1.54, 1.807) is 0 Å². The summed E-state index contributed by atoms with van der Waals surface area (Å²) in [5, 5.41) is 0. The van der Waals surface area contributed by atoms with Gasteiger partial charge >= 0.3 is 63.3 Å².